The molecule has 0 saturated carbocycles. The highest BCUT2D eigenvalue weighted by Gasteiger charge is 2.14. The Morgan fingerprint density at radius 2 is 2.12 bits per heavy atom. The number of halogens is 1. The molecule has 0 radical (unpaired) electrons. The fourth-order valence-electron chi connectivity index (χ4n) is 2.14. The van der Waals surface area contributed by atoms with E-state index >= 15 is 0 Å². The Kier molecular flexibility index (Phi) is 5.77. The van der Waals surface area contributed by atoms with E-state index in [1.165, 1.54) is 23.9 Å². The van der Waals surface area contributed by atoms with Crippen LogP contribution in [0.4, 0.5) is 4.39 Å². The number of hydrogen-bond donors (Lipinski definition) is 0. The predicted molar refractivity (Wildman–Crippen MR) is 94.8 cm³/mol. The third kappa shape index (κ3) is 4.86. The van der Waals surface area contributed by atoms with Gasteiger partial charge in [0.1, 0.15) is 5.82 Å². The number of benzene rings is 1. The van der Waals surface area contributed by atoms with Crippen LogP contribution in [0.2, 0.25) is 0 Å². The number of hydrogen-bond acceptors (Lipinski definition) is 6. The van der Waals surface area contributed by atoms with E-state index in [1.54, 1.807) is 40.1 Å². The maximum absolute atomic E-state index is 12.9. The minimum atomic E-state index is -0.286. The van der Waals surface area contributed by atoms with Crippen LogP contribution >= 0.6 is 23.1 Å². The van der Waals surface area contributed by atoms with Crippen LogP contribution in [0.25, 0.3) is 0 Å². The van der Waals surface area contributed by atoms with Crippen LogP contribution in [0.1, 0.15) is 10.4 Å². The van der Waals surface area contributed by atoms with Gasteiger partial charge in [-0.15, -0.1) is 16.4 Å². The van der Waals surface area contributed by atoms with Crippen LogP contribution in [-0.2, 0) is 17.9 Å². The molecule has 2 heterocycles. The van der Waals surface area contributed by atoms with Crippen molar-refractivity contribution >= 4 is 29.0 Å². The number of carbonyl (C=O) groups excluding carboxylic acids is 1. The predicted octanol–water partition coefficient (Wildman–Crippen LogP) is 2.67. The van der Waals surface area contributed by atoms with E-state index in [0.717, 1.165) is 10.4 Å². The first-order chi connectivity index (χ1) is 12.1. The lowest BCUT2D eigenvalue weighted by molar-refractivity contribution is -0.127. The van der Waals surface area contributed by atoms with Crippen LogP contribution < -0.4 is 0 Å². The van der Waals surface area contributed by atoms with Gasteiger partial charge in [-0.1, -0.05) is 30.0 Å². The molecule has 0 aliphatic carbocycles. The third-order valence-corrected chi connectivity index (χ3v) is 5.27. The molecule has 3 rings (SSSR count). The van der Waals surface area contributed by atoms with E-state index in [1.807, 2.05) is 17.5 Å². The first-order valence-electron chi connectivity index (χ1n) is 7.51. The van der Waals surface area contributed by atoms with Crippen LogP contribution in [0.15, 0.2) is 46.9 Å². The molecule has 3 aromatic rings. The Morgan fingerprint density at radius 3 is 2.84 bits per heavy atom. The topological polar surface area (TPSA) is 63.9 Å². The minimum Gasteiger partial charge on any atom is -0.341 e. The molecule has 0 fully saturated rings. The fraction of sp³-hybridized carbons (Fsp3) is 0.250. The summed E-state index contributed by atoms with van der Waals surface area (Å²) >= 11 is 2.94. The molecule has 0 spiro atoms. The summed E-state index contributed by atoms with van der Waals surface area (Å²) in [6.07, 6.45) is 0. The zero-order valence-corrected chi connectivity index (χ0v) is 15.1. The summed E-state index contributed by atoms with van der Waals surface area (Å²) in [7, 11) is 1.72. The van der Waals surface area contributed by atoms with Crippen molar-refractivity contribution in [2.45, 2.75) is 18.2 Å². The minimum absolute atomic E-state index is 0.0417. The highest BCUT2D eigenvalue weighted by molar-refractivity contribution is 7.99. The highest BCUT2D eigenvalue weighted by Crippen LogP contribution is 2.18. The second-order valence-corrected chi connectivity index (χ2v) is 7.34. The van der Waals surface area contributed by atoms with Gasteiger partial charge in [0.15, 0.2) is 0 Å². The zero-order chi connectivity index (χ0) is 17.6. The van der Waals surface area contributed by atoms with Crippen LogP contribution in [0.3, 0.4) is 0 Å². The molecule has 0 unspecified atom stereocenters. The average molecular weight is 377 g/mol. The van der Waals surface area contributed by atoms with Gasteiger partial charge in [0.2, 0.25) is 11.1 Å². The average Bonchev–Trinajstić information content (AvgIpc) is 3.27. The molecule has 1 aromatic carbocycles. The van der Waals surface area contributed by atoms with Crippen molar-refractivity contribution < 1.29 is 9.18 Å². The van der Waals surface area contributed by atoms with Gasteiger partial charge in [-0.25, -0.2) is 9.07 Å². The van der Waals surface area contributed by atoms with E-state index in [4.69, 9.17) is 0 Å². The number of thioether (sulfide) groups is 1. The van der Waals surface area contributed by atoms with Crippen molar-refractivity contribution in [1.82, 2.24) is 25.1 Å². The molecule has 6 nitrogen and oxygen atoms in total. The van der Waals surface area contributed by atoms with Gasteiger partial charge in [0.05, 0.1) is 12.3 Å². The maximum atomic E-state index is 12.9. The summed E-state index contributed by atoms with van der Waals surface area (Å²) in [6.45, 7) is 1.02. The molecule has 0 N–H and O–H groups in total. The van der Waals surface area contributed by atoms with Crippen LogP contribution in [0.5, 0.6) is 0 Å². The van der Waals surface area contributed by atoms with Gasteiger partial charge < -0.3 is 4.90 Å². The molecule has 0 aliphatic rings. The summed E-state index contributed by atoms with van der Waals surface area (Å²) in [5, 5.41) is 14.2. The molecule has 1 amide bonds. The number of nitrogens with zero attached hydrogens (tertiary/aromatic N) is 5. The monoisotopic (exact) mass is 377 g/mol. The Balaban J connectivity index is 1.53. The smallest absolute Gasteiger partial charge is 0.233 e. The van der Waals surface area contributed by atoms with E-state index in [2.05, 4.69) is 15.5 Å². The highest BCUT2D eigenvalue weighted by atomic mass is 32.2. The van der Waals surface area contributed by atoms with Crippen molar-refractivity contribution in [3.63, 3.8) is 0 Å². The zero-order valence-electron chi connectivity index (χ0n) is 13.5. The van der Waals surface area contributed by atoms with Gasteiger partial charge in [-0.05, 0) is 39.6 Å². The third-order valence-electron chi connectivity index (χ3n) is 3.47. The second kappa shape index (κ2) is 8.21. The van der Waals surface area contributed by atoms with Gasteiger partial charge in [0, 0.05) is 18.5 Å². The molecule has 0 aliphatic heterocycles. The van der Waals surface area contributed by atoms with Gasteiger partial charge in [0.25, 0.3) is 0 Å². The molecule has 2 aromatic heterocycles. The summed E-state index contributed by atoms with van der Waals surface area (Å²) in [5.74, 6) is -0.0893. The quantitative estimate of drug-likeness (QED) is 0.593. The molecular weight excluding hydrogens is 361 g/mol. The summed E-state index contributed by atoms with van der Waals surface area (Å²) in [6, 6.07) is 10.1. The second-order valence-electron chi connectivity index (χ2n) is 5.36. The first kappa shape index (κ1) is 17.6. The molecule has 0 bridgehead atoms. The SMILES string of the molecule is CN(Cc1ccc(F)cc1)C(=O)CSc1nnnn1Cc1cccs1. The lowest BCUT2D eigenvalue weighted by atomic mass is 10.2. The number of thiophene rings is 1. The fourth-order valence-corrected chi connectivity index (χ4v) is 3.64. The molecule has 9 heteroatoms. The van der Waals surface area contributed by atoms with E-state index in [0.29, 0.717) is 18.2 Å². The van der Waals surface area contributed by atoms with Gasteiger partial charge >= 0.3 is 0 Å². The number of tetrazole rings is 1. The number of rotatable bonds is 7. The normalized spacial score (nSPS) is 10.8. The standard InChI is InChI=1S/C16H16FN5OS2/c1-21(9-12-4-6-13(17)7-5-12)15(23)11-25-16-18-19-20-22(16)10-14-3-2-8-24-14/h2-8H,9-11H2,1H3. The largest absolute Gasteiger partial charge is 0.341 e. The number of amides is 1. The Hall–Kier alpha value is -2.26. The lowest BCUT2D eigenvalue weighted by Crippen LogP contribution is -2.27. The number of carbonyl (C=O) groups is 1. The summed E-state index contributed by atoms with van der Waals surface area (Å²) in [5.41, 5.74) is 0.879. The van der Waals surface area contributed by atoms with E-state index in [-0.39, 0.29) is 17.5 Å². The van der Waals surface area contributed by atoms with E-state index in [9.17, 15) is 9.18 Å². The van der Waals surface area contributed by atoms with Crippen molar-refractivity contribution in [3.05, 3.63) is 58.0 Å². The number of aromatic nitrogens is 4. The van der Waals surface area contributed by atoms with Crippen LogP contribution in [0, 0.1) is 5.82 Å². The molecule has 0 saturated heterocycles. The maximum Gasteiger partial charge on any atom is 0.233 e. The van der Waals surface area contributed by atoms with Crippen molar-refractivity contribution in [2.24, 2.45) is 0 Å². The summed E-state index contributed by atoms with van der Waals surface area (Å²) < 4.78 is 14.6. The Labute approximate surface area is 152 Å². The molecular formula is C16H16FN5OS2. The first-order valence-corrected chi connectivity index (χ1v) is 9.38. The summed E-state index contributed by atoms with van der Waals surface area (Å²) in [4.78, 5) is 15.0. The van der Waals surface area contributed by atoms with Crippen molar-refractivity contribution in [2.75, 3.05) is 12.8 Å². The molecule has 25 heavy (non-hydrogen) atoms. The van der Waals surface area contributed by atoms with Gasteiger partial charge in [-0.3, -0.25) is 4.79 Å². The Morgan fingerprint density at radius 1 is 1.32 bits per heavy atom. The van der Waals surface area contributed by atoms with Crippen molar-refractivity contribution in [3.8, 4) is 0 Å². The van der Waals surface area contributed by atoms with E-state index < -0.39 is 0 Å². The Bertz CT molecular complexity index is 819. The lowest BCUT2D eigenvalue weighted by Gasteiger charge is -2.16. The molecule has 130 valence electrons. The van der Waals surface area contributed by atoms with Gasteiger partial charge in [-0.2, -0.15) is 0 Å². The van der Waals surface area contributed by atoms with Crippen LogP contribution in [-0.4, -0.2) is 43.8 Å². The van der Waals surface area contributed by atoms with Crippen molar-refractivity contribution in [1.29, 1.82) is 0 Å². The molecule has 0 atom stereocenters.